The number of hydrogen-bond acceptors (Lipinski definition) is 3. The van der Waals surface area contributed by atoms with Crippen molar-refractivity contribution in [1.82, 2.24) is 0 Å². The molecule has 0 fully saturated rings. The Morgan fingerprint density at radius 2 is 1.86 bits per heavy atom. The van der Waals surface area contributed by atoms with Crippen LogP contribution in [-0.4, -0.2) is 14.2 Å². The van der Waals surface area contributed by atoms with E-state index in [9.17, 15) is 0 Å². The monoisotopic (exact) mass is 188 g/mol. The van der Waals surface area contributed by atoms with Crippen LogP contribution in [0.25, 0.3) is 6.08 Å². The van der Waals surface area contributed by atoms with Gasteiger partial charge < -0.3 is 9.47 Å². The first-order valence-corrected chi connectivity index (χ1v) is 4.01. The van der Waals surface area contributed by atoms with Crippen LogP contribution < -0.4 is 9.47 Å². The highest BCUT2D eigenvalue weighted by atomic mass is 16.5. The maximum Gasteiger partial charge on any atom is 0.131 e. The van der Waals surface area contributed by atoms with Crippen LogP contribution in [0.4, 0.5) is 0 Å². The van der Waals surface area contributed by atoms with E-state index in [0.29, 0.717) is 11.5 Å². The molecule has 0 aliphatic rings. The lowest BCUT2D eigenvalue weighted by Gasteiger charge is -2.04. The molecule has 71 valence electrons. The van der Waals surface area contributed by atoms with Crippen molar-refractivity contribution in [2.75, 3.05) is 14.2 Å². The molecule has 0 atom stereocenters. The van der Waals surface area contributed by atoms with Crippen LogP contribution in [0, 0.1) is 17.4 Å². The maximum absolute atomic E-state index is 8.37. The van der Waals surface area contributed by atoms with Crippen LogP contribution in [0.5, 0.6) is 11.5 Å². The molecule has 3 nitrogen and oxygen atoms in total. The van der Waals surface area contributed by atoms with Gasteiger partial charge in [-0.1, -0.05) is 0 Å². The summed E-state index contributed by atoms with van der Waals surface area (Å²) in [6, 6.07) is 8.37. The molecule has 14 heavy (non-hydrogen) atoms. The minimum Gasteiger partial charge on any atom is -0.496 e. The zero-order valence-corrected chi connectivity index (χ0v) is 8.07. The van der Waals surface area contributed by atoms with Crippen molar-refractivity contribution in [2.24, 2.45) is 0 Å². The predicted molar refractivity (Wildman–Crippen MR) is 53.0 cm³/mol. The van der Waals surface area contributed by atoms with Crippen LogP contribution in [0.15, 0.2) is 18.2 Å². The summed E-state index contributed by atoms with van der Waals surface area (Å²) in [6.07, 6.45) is 3.08. The molecule has 3 heteroatoms. The van der Waals surface area contributed by atoms with Crippen LogP contribution >= 0.6 is 0 Å². The molecule has 0 amide bonds. The van der Waals surface area contributed by atoms with Crippen LogP contribution in [0.1, 0.15) is 5.56 Å². The van der Waals surface area contributed by atoms with E-state index in [2.05, 4.69) is 6.07 Å². The van der Waals surface area contributed by atoms with E-state index in [-0.39, 0.29) is 0 Å². The number of benzene rings is 1. The van der Waals surface area contributed by atoms with Crippen molar-refractivity contribution < 1.29 is 9.47 Å². The van der Waals surface area contributed by atoms with Crippen molar-refractivity contribution in [3.05, 3.63) is 29.8 Å². The molecular formula is C11H10NO2. The lowest BCUT2D eigenvalue weighted by atomic mass is 10.2. The van der Waals surface area contributed by atoms with E-state index in [1.165, 1.54) is 6.08 Å². The third-order valence-electron chi connectivity index (χ3n) is 1.63. The van der Waals surface area contributed by atoms with Crippen molar-refractivity contribution in [3.63, 3.8) is 0 Å². The van der Waals surface area contributed by atoms with Crippen molar-refractivity contribution in [2.45, 2.75) is 0 Å². The van der Waals surface area contributed by atoms with Gasteiger partial charge in [-0.2, -0.15) is 5.26 Å². The smallest absolute Gasteiger partial charge is 0.131 e. The van der Waals surface area contributed by atoms with Gasteiger partial charge in [-0.3, -0.25) is 0 Å². The van der Waals surface area contributed by atoms with Gasteiger partial charge in [0.1, 0.15) is 11.5 Å². The van der Waals surface area contributed by atoms with Crippen LogP contribution in [0.2, 0.25) is 0 Å². The zero-order valence-electron chi connectivity index (χ0n) is 8.07. The fourth-order valence-corrected chi connectivity index (χ4v) is 0.988. The average molecular weight is 188 g/mol. The Balaban J connectivity index is 3.05. The number of nitriles is 1. The van der Waals surface area contributed by atoms with Gasteiger partial charge in [0.2, 0.25) is 0 Å². The molecule has 1 aromatic rings. The summed E-state index contributed by atoms with van der Waals surface area (Å²) < 4.78 is 10.0. The molecule has 1 aromatic carbocycles. The van der Waals surface area contributed by atoms with Gasteiger partial charge in [-0.05, 0) is 23.8 Å². The van der Waals surface area contributed by atoms with E-state index in [0.717, 1.165) is 5.56 Å². The zero-order chi connectivity index (χ0) is 10.4. The molecule has 0 N–H and O–H groups in total. The molecule has 1 rings (SSSR count). The predicted octanol–water partition coefficient (Wildman–Crippen LogP) is 2.04. The van der Waals surface area contributed by atoms with Gasteiger partial charge in [-0.15, -0.1) is 0 Å². The van der Waals surface area contributed by atoms with Crippen molar-refractivity contribution in [3.8, 4) is 17.6 Å². The fourth-order valence-electron chi connectivity index (χ4n) is 0.988. The van der Waals surface area contributed by atoms with Gasteiger partial charge in [0.05, 0.1) is 26.4 Å². The lowest BCUT2D eigenvalue weighted by Crippen LogP contribution is -1.88. The first-order valence-electron chi connectivity index (χ1n) is 4.01. The van der Waals surface area contributed by atoms with Gasteiger partial charge in [0.15, 0.2) is 0 Å². The maximum atomic E-state index is 8.37. The first-order chi connectivity index (χ1) is 6.80. The molecule has 1 radical (unpaired) electrons. The Morgan fingerprint density at radius 3 is 2.29 bits per heavy atom. The van der Waals surface area contributed by atoms with Gasteiger partial charge in [0, 0.05) is 6.08 Å². The number of nitrogens with zero attached hydrogens (tertiary/aromatic N) is 1. The van der Waals surface area contributed by atoms with E-state index < -0.39 is 0 Å². The molecule has 0 saturated carbocycles. The Morgan fingerprint density at radius 1 is 1.29 bits per heavy atom. The summed E-state index contributed by atoms with van der Waals surface area (Å²) in [4.78, 5) is 0. The minimum absolute atomic E-state index is 0.585. The normalized spacial score (nSPS) is 9.79. The number of methoxy groups -OCH3 is 2. The summed E-state index contributed by atoms with van der Waals surface area (Å²) in [6.45, 7) is 0. The highest BCUT2D eigenvalue weighted by Crippen LogP contribution is 2.22. The molecule has 0 aliphatic carbocycles. The third-order valence-corrected chi connectivity index (χ3v) is 1.63. The van der Waals surface area contributed by atoms with Crippen molar-refractivity contribution in [1.29, 1.82) is 5.26 Å². The number of hydrogen-bond donors (Lipinski definition) is 0. The lowest BCUT2D eigenvalue weighted by molar-refractivity contribution is 0.392. The second-order valence-electron chi connectivity index (χ2n) is 2.51. The van der Waals surface area contributed by atoms with Crippen molar-refractivity contribution >= 4 is 6.08 Å². The minimum atomic E-state index is 0.585. The quantitative estimate of drug-likeness (QED) is 0.681. The summed E-state index contributed by atoms with van der Waals surface area (Å²) in [7, 11) is 3.12. The third kappa shape index (κ3) is 2.53. The van der Waals surface area contributed by atoms with E-state index in [4.69, 9.17) is 14.7 Å². The van der Waals surface area contributed by atoms with Crippen LogP contribution in [-0.2, 0) is 0 Å². The highest BCUT2D eigenvalue weighted by molar-refractivity contribution is 5.56. The van der Waals surface area contributed by atoms with E-state index in [1.807, 2.05) is 6.07 Å². The Kier molecular flexibility index (Phi) is 3.57. The molecule has 0 unspecified atom stereocenters. The molecular weight excluding hydrogens is 178 g/mol. The molecule has 0 aromatic heterocycles. The first kappa shape index (κ1) is 10.1. The highest BCUT2D eigenvalue weighted by Gasteiger charge is 1.99. The fraction of sp³-hybridized carbons (Fsp3) is 0.182. The topological polar surface area (TPSA) is 42.2 Å². The number of ether oxygens (including phenoxy) is 2. The SMILES string of the molecule is COc1[c]c(OC)cc(C=CC#N)c1. The second kappa shape index (κ2) is 4.93. The molecule has 0 spiro atoms. The Hall–Kier alpha value is -1.95. The van der Waals surface area contributed by atoms with Gasteiger partial charge >= 0.3 is 0 Å². The second-order valence-corrected chi connectivity index (χ2v) is 2.51. The number of rotatable bonds is 3. The summed E-state index contributed by atoms with van der Waals surface area (Å²) >= 11 is 0. The molecule has 0 saturated heterocycles. The largest absolute Gasteiger partial charge is 0.496 e. The average Bonchev–Trinajstić information content (AvgIpc) is 2.25. The van der Waals surface area contributed by atoms with Crippen LogP contribution in [0.3, 0.4) is 0 Å². The molecule has 0 bridgehead atoms. The molecule has 0 heterocycles. The summed E-state index contributed by atoms with van der Waals surface area (Å²) in [5, 5.41) is 8.37. The Bertz CT molecular complexity index is 355. The Labute approximate surface area is 83.2 Å². The number of allylic oxidation sites excluding steroid dienone is 1. The van der Waals surface area contributed by atoms with E-state index in [1.54, 1.807) is 32.4 Å². The standard InChI is InChI=1S/C11H10NO2/c1-13-10-6-9(4-3-5-12)7-11(8-10)14-2/h3-4,6-7H,1-2H3. The van der Waals surface area contributed by atoms with E-state index >= 15 is 0 Å². The van der Waals surface area contributed by atoms with Gasteiger partial charge in [0.25, 0.3) is 0 Å². The summed E-state index contributed by atoms with van der Waals surface area (Å²) in [5.41, 5.74) is 0.846. The van der Waals surface area contributed by atoms with Gasteiger partial charge in [-0.25, -0.2) is 0 Å². The summed E-state index contributed by atoms with van der Waals surface area (Å²) in [5.74, 6) is 1.17. The molecule has 0 aliphatic heterocycles.